The van der Waals surface area contributed by atoms with E-state index in [1.165, 1.54) is 0 Å². The number of fused-ring (bicyclic) bond motifs is 3. The minimum absolute atomic E-state index is 0.0434. The minimum Gasteiger partial charge on any atom is -0.497 e. The zero-order valence-electron chi connectivity index (χ0n) is 26.8. The number of nitrogens with one attached hydrogen (secondary N) is 1. The van der Waals surface area contributed by atoms with Gasteiger partial charge >= 0.3 is 11.9 Å². The Hall–Kier alpha value is -5.63. The first-order valence-corrected chi connectivity index (χ1v) is 16.0. The Bertz CT molecular complexity index is 1990. The van der Waals surface area contributed by atoms with Crippen molar-refractivity contribution in [2.24, 2.45) is 5.92 Å². The summed E-state index contributed by atoms with van der Waals surface area (Å²) in [5.74, 6) is 3.36. The van der Waals surface area contributed by atoms with Crippen LogP contribution >= 0.6 is 0 Å². The van der Waals surface area contributed by atoms with E-state index in [4.69, 9.17) is 14.2 Å². The topological polar surface area (TPSA) is 135 Å². The van der Waals surface area contributed by atoms with Crippen molar-refractivity contribution in [2.45, 2.75) is 36.6 Å². The third-order valence-corrected chi connectivity index (χ3v) is 9.71. The maximum Gasteiger partial charge on any atom is 0.325 e. The number of aliphatic carboxylic acids is 1. The van der Waals surface area contributed by atoms with Crippen molar-refractivity contribution in [3.8, 4) is 23.3 Å². The van der Waals surface area contributed by atoms with Gasteiger partial charge in [-0.2, -0.15) is 0 Å². The number of aliphatic hydroxyl groups is 1. The summed E-state index contributed by atoms with van der Waals surface area (Å²) in [5, 5.41) is 23.4. The van der Waals surface area contributed by atoms with Crippen molar-refractivity contribution >= 4 is 23.5 Å². The summed E-state index contributed by atoms with van der Waals surface area (Å²) in [5.41, 5.74) is 1.76. The molecule has 248 valence electrons. The molecule has 49 heavy (non-hydrogen) atoms. The number of aliphatic hydroxyl groups excluding tert-OH is 1. The number of cyclic esters (lactones) is 1. The molecule has 0 bridgehead atoms. The molecular formula is C39H34N2O8. The molecule has 2 fully saturated rings. The molecule has 3 aliphatic rings. The van der Waals surface area contributed by atoms with Crippen LogP contribution in [0.4, 0.5) is 5.69 Å². The molecule has 0 saturated carbocycles. The van der Waals surface area contributed by atoms with Crippen LogP contribution in [0.15, 0.2) is 97.1 Å². The van der Waals surface area contributed by atoms with E-state index in [0.29, 0.717) is 33.9 Å². The average molecular weight is 659 g/mol. The Kier molecular flexibility index (Phi) is 8.32. The number of morpholine rings is 1. The Morgan fingerprint density at radius 1 is 0.918 bits per heavy atom. The predicted molar refractivity (Wildman–Crippen MR) is 179 cm³/mol. The molecule has 10 nitrogen and oxygen atoms in total. The fraction of sp³-hybridized carbons (Fsp3) is 0.256. The van der Waals surface area contributed by atoms with Crippen LogP contribution in [0.25, 0.3) is 0 Å². The molecule has 0 unspecified atom stereocenters. The Balaban J connectivity index is 1.43. The smallest absolute Gasteiger partial charge is 0.325 e. The van der Waals surface area contributed by atoms with Crippen LogP contribution in [0.3, 0.4) is 0 Å². The van der Waals surface area contributed by atoms with Gasteiger partial charge < -0.3 is 29.7 Å². The van der Waals surface area contributed by atoms with E-state index in [1.54, 1.807) is 43.5 Å². The van der Waals surface area contributed by atoms with E-state index in [0.717, 1.165) is 11.1 Å². The summed E-state index contributed by atoms with van der Waals surface area (Å²) in [6.45, 7) is 1.73. The van der Waals surface area contributed by atoms with Crippen LogP contribution in [0.5, 0.6) is 11.5 Å². The first-order valence-electron chi connectivity index (χ1n) is 16.0. The number of anilines is 1. The van der Waals surface area contributed by atoms with Gasteiger partial charge in [0.15, 0.2) is 0 Å². The van der Waals surface area contributed by atoms with Crippen LogP contribution in [0.1, 0.15) is 46.9 Å². The Morgan fingerprint density at radius 3 is 2.35 bits per heavy atom. The number of amides is 1. The predicted octanol–water partition coefficient (Wildman–Crippen LogP) is 4.47. The lowest BCUT2D eigenvalue weighted by molar-refractivity contribution is -0.177. The highest BCUT2D eigenvalue weighted by molar-refractivity contribution is 6.11. The molecule has 3 N–H and O–H groups in total. The quantitative estimate of drug-likeness (QED) is 0.194. The van der Waals surface area contributed by atoms with E-state index >= 15 is 0 Å². The number of methoxy groups -OCH3 is 1. The van der Waals surface area contributed by atoms with Gasteiger partial charge in [0.05, 0.1) is 19.8 Å². The second-order valence-electron chi connectivity index (χ2n) is 12.3. The molecule has 0 aliphatic carbocycles. The first kappa shape index (κ1) is 31.9. The van der Waals surface area contributed by atoms with E-state index in [2.05, 4.69) is 17.2 Å². The van der Waals surface area contributed by atoms with Crippen LogP contribution in [-0.2, 0) is 24.5 Å². The number of ether oxygens (including phenoxy) is 3. The van der Waals surface area contributed by atoms with Gasteiger partial charge in [0.25, 0.3) is 0 Å². The number of hydrogen-bond acceptors (Lipinski definition) is 8. The molecular weight excluding hydrogens is 624 g/mol. The molecule has 2 saturated heterocycles. The fourth-order valence-electron chi connectivity index (χ4n) is 7.70. The lowest BCUT2D eigenvalue weighted by Gasteiger charge is -2.44. The van der Waals surface area contributed by atoms with Gasteiger partial charge in [-0.15, -0.1) is 0 Å². The summed E-state index contributed by atoms with van der Waals surface area (Å²) in [4.78, 5) is 44.0. The van der Waals surface area contributed by atoms with Gasteiger partial charge in [-0.1, -0.05) is 54.3 Å². The SMILES string of the molecule is COc1ccc(C#Cc2ccc3c(c2)[C@]2(C(=O)N3)[C@H](c3cccc(OCCO)c3)N3[C@H](C)[C@H](c4ccccc4)OC(=O)[C@H]3[C@@H]2C(=O)O)cc1. The zero-order valence-corrected chi connectivity index (χ0v) is 26.8. The van der Waals surface area contributed by atoms with Crippen molar-refractivity contribution in [1.29, 1.82) is 0 Å². The highest BCUT2D eigenvalue weighted by atomic mass is 16.6. The third-order valence-electron chi connectivity index (χ3n) is 9.71. The number of carboxylic acid groups (broad SMARTS) is 1. The van der Waals surface area contributed by atoms with Gasteiger partial charge in [-0.05, 0) is 78.2 Å². The number of esters is 1. The molecule has 1 spiro atoms. The molecule has 4 aromatic carbocycles. The van der Waals surface area contributed by atoms with Gasteiger partial charge in [0.1, 0.15) is 41.6 Å². The maximum absolute atomic E-state index is 14.6. The summed E-state index contributed by atoms with van der Waals surface area (Å²) in [6.07, 6.45) is -0.725. The average Bonchev–Trinajstić information content (AvgIpc) is 3.61. The maximum atomic E-state index is 14.6. The van der Waals surface area contributed by atoms with Gasteiger partial charge in [-0.3, -0.25) is 19.3 Å². The number of benzene rings is 4. The van der Waals surface area contributed by atoms with Crippen LogP contribution in [0, 0.1) is 17.8 Å². The number of hydrogen-bond donors (Lipinski definition) is 3. The largest absolute Gasteiger partial charge is 0.497 e. The van der Waals surface area contributed by atoms with E-state index in [9.17, 15) is 24.6 Å². The molecule has 3 heterocycles. The molecule has 0 aromatic heterocycles. The summed E-state index contributed by atoms with van der Waals surface area (Å²) in [6, 6.07) is 26.1. The molecule has 7 rings (SSSR count). The standard InChI is InChI=1S/C39H34N2O8/c1-23-34(26-7-4-3-5-8-26)49-37(45)33-32(36(43)44)39(35(41(23)33)27-9-6-10-29(22-27)48-20-19-42)30-21-25(15-18-31(30)40-38(39)46)12-11-24-13-16-28(47-2)17-14-24/h3-10,13-18,21-23,32-35,42H,19-20H2,1-2H3,(H,40,46)(H,43,44)/t23-,32-,33-,34-,35+,39-/m1/s1. The van der Waals surface area contributed by atoms with Crippen molar-refractivity contribution in [3.05, 3.63) is 125 Å². The number of rotatable bonds is 7. The first-order chi connectivity index (χ1) is 23.8. The van der Waals surface area contributed by atoms with Crippen molar-refractivity contribution < 1.29 is 38.8 Å². The van der Waals surface area contributed by atoms with Crippen molar-refractivity contribution in [3.63, 3.8) is 0 Å². The van der Waals surface area contributed by atoms with E-state index < -0.39 is 53.4 Å². The fourth-order valence-corrected chi connectivity index (χ4v) is 7.70. The van der Waals surface area contributed by atoms with Crippen LogP contribution < -0.4 is 14.8 Å². The van der Waals surface area contributed by atoms with Crippen LogP contribution in [0.2, 0.25) is 0 Å². The number of carbonyl (C=O) groups excluding carboxylic acids is 2. The monoisotopic (exact) mass is 658 g/mol. The lowest BCUT2D eigenvalue weighted by Crippen LogP contribution is -2.55. The minimum atomic E-state index is -1.77. The van der Waals surface area contributed by atoms with Gasteiger partial charge in [-0.25, -0.2) is 0 Å². The van der Waals surface area contributed by atoms with Crippen molar-refractivity contribution in [1.82, 2.24) is 4.90 Å². The highest BCUT2D eigenvalue weighted by Crippen LogP contribution is 2.62. The highest BCUT2D eigenvalue weighted by Gasteiger charge is 2.73. The number of carbonyl (C=O) groups is 3. The lowest BCUT2D eigenvalue weighted by atomic mass is 9.65. The Morgan fingerprint density at radius 2 is 1.63 bits per heavy atom. The summed E-state index contributed by atoms with van der Waals surface area (Å²) >= 11 is 0. The van der Waals surface area contributed by atoms with Gasteiger partial charge in [0, 0.05) is 22.9 Å². The summed E-state index contributed by atoms with van der Waals surface area (Å²) < 4.78 is 17.0. The number of carboxylic acids is 1. The van der Waals surface area contributed by atoms with E-state index in [-0.39, 0.29) is 13.2 Å². The van der Waals surface area contributed by atoms with Crippen LogP contribution in [-0.4, -0.2) is 65.4 Å². The molecule has 10 heteroatoms. The molecule has 0 radical (unpaired) electrons. The number of nitrogens with zero attached hydrogens (tertiary/aromatic N) is 1. The molecule has 3 aliphatic heterocycles. The van der Waals surface area contributed by atoms with E-state index in [1.807, 2.05) is 72.5 Å². The zero-order chi connectivity index (χ0) is 34.3. The summed E-state index contributed by atoms with van der Waals surface area (Å²) in [7, 11) is 1.59. The second kappa shape index (κ2) is 12.8. The normalized spacial score (nSPS) is 25.4. The van der Waals surface area contributed by atoms with Crippen molar-refractivity contribution in [2.75, 3.05) is 25.6 Å². The molecule has 4 aromatic rings. The molecule has 1 amide bonds. The molecule has 6 atom stereocenters. The Labute approximate surface area is 283 Å². The second-order valence-corrected chi connectivity index (χ2v) is 12.3. The van der Waals surface area contributed by atoms with Gasteiger partial charge in [0.2, 0.25) is 5.91 Å². The third kappa shape index (κ3) is 5.28.